The molecule has 1 saturated heterocycles. The molecule has 0 bridgehead atoms. The zero-order valence-electron chi connectivity index (χ0n) is 10.2. The van der Waals surface area contributed by atoms with E-state index in [1.54, 1.807) is 0 Å². The minimum absolute atomic E-state index is 0.283. The molecule has 0 spiro atoms. The van der Waals surface area contributed by atoms with Gasteiger partial charge in [0.15, 0.2) is 0 Å². The number of hydrogen-bond acceptors (Lipinski definition) is 5. The zero-order valence-corrected chi connectivity index (χ0v) is 12.5. The minimum Gasteiger partial charge on any atom is -0.379 e. The lowest BCUT2D eigenvalue weighted by atomic mass is 10.3. The highest BCUT2D eigenvalue weighted by atomic mass is 79.9. The van der Waals surface area contributed by atoms with Crippen molar-refractivity contribution in [2.45, 2.75) is 13.0 Å². The molecule has 1 aromatic rings. The summed E-state index contributed by atoms with van der Waals surface area (Å²) >= 11 is 9.31. The van der Waals surface area contributed by atoms with Gasteiger partial charge >= 0.3 is 0 Å². The van der Waals surface area contributed by atoms with Crippen LogP contribution in [0.25, 0.3) is 0 Å². The Labute approximate surface area is 120 Å². The molecule has 1 aromatic heterocycles. The number of nitrogens with one attached hydrogen (secondary N) is 1. The van der Waals surface area contributed by atoms with E-state index in [0.29, 0.717) is 9.63 Å². The predicted molar refractivity (Wildman–Crippen MR) is 75.1 cm³/mol. The van der Waals surface area contributed by atoms with Crippen LogP contribution in [0.5, 0.6) is 0 Å². The number of nitrogens with zero attached hydrogens (tertiary/aromatic N) is 3. The van der Waals surface area contributed by atoms with Crippen LogP contribution in [0.2, 0.25) is 5.15 Å². The summed E-state index contributed by atoms with van der Waals surface area (Å²) in [5.74, 6) is 0.732. The number of aromatic nitrogens is 2. The number of anilines is 1. The fourth-order valence-corrected chi connectivity index (χ4v) is 2.35. The first kappa shape index (κ1) is 14.0. The SMILES string of the molecule is CC(CN1CCOCC1)Nc1ncnc(Cl)c1Br. The van der Waals surface area contributed by atoms with Gasteiger partial charge in [-0.2, -0.15) is 0 Å². The van der Waals surface area contributed by atoms with Crippen LogP contribution in [0.1, 0.15) is 6.92 Å². The molecule has 0 saturated carbocycles. The van der Waals surface area contributed by atoms with Gasteiger partial charge in [0.05, 0.1) is 17.7 Å². The van der Waals surface area contributed by atoms with Crippen LogP contribution in [0.4, 0.5) is 5.82 Å². The highest BCUT2D eigenvalue weighted by Crippen LogP contribution is 2.26. The lowest BCUT2D eigenvalue weighted by molar-refractivity contribution is 0.0368. The van der Waals surface area contributed by atoms with E-state index in [1.165, 1.54) is 6.33 Å². The Balaban J connectivity index is 1.90. The largest absolute Gasteiger partial charge is 0.379 e. The van der Waals surface area contributed by atoms with Crippen molar-refractivity contribution in [3.63, 3.8) is 0 Å². The van der Waals surface area contributed by atoms with Gasteiger partial charge in [-0.05, 0) is 22.9 Å². The van der Waals surface area contributed by atoms with Gasteiger partial charge < -0.3 is 10.1 Å². The van der Waals surface area contributed by atoms with Gasteiger partial charge in [0.25, 0.3) is 0 Å². The molecule has 7 heteroatoms. The maximum atomic E-state index is 5.92. The maximum Gasteiger partial charge on any atom is 0.148 e. The van der Waals surface area contributed by atoms with Crippen molar-refractivity contribution in [1.82, 2.24) is 14.9 Å². The number of rotatable bonds is 4. The van der Waals surface area contributed by atoms with Crippen LogP contribution in [0.15, 0.2) is 10.8 Å². The van der Waals surface area contributed by atoms with E-state index in [-0.39, 0.29) is 6.04 Å². The molecule has 1 fully saturated rings. The van der Waals surface area contributed by atoms with Crippen LogP contribution in [-0.2, 0) is 4.74 Å². The fourth-order valence-electron chi connectivity index (χ4n) is 1.90. The summed E-state index contributed by atoms with van der Waals surface area (Å²) in [6.07, 6.45) is 1.46. The summed E-state index contributed by atoms with van der Waals surface area (Å²) in [6, 6.07) is 0.283. The van der Waals surface area contributed by atoms with Crippen molar-refractivity contribution < 1.29 is 4.74 Å². The quantitative estimate of drug-likeness (QED) is 0.853. The molecule has 0 aliphatic carbocycles. The Hall–Kier alpha value is -0.430. The summed E-state index contributed by atoms with van der Waals surface area (Å²) in [5, 5.41) is 3.76. The standard InChI is InChI=1S/C11H16BrClN4O/c1-8(6-17-2-4-18-5-3-17)16-11-9(12)10(13)14-7-15-11/h7-8H,2-6H2,1H3,(H,14,15,16). The second kappa shape index (κ2) is 6.65. The number of halogens is 2. The van der Waals surface area contributed by atoms with E-state index >= 15 is 0 Å². The Kier molecular flexibility index (Phi) is 5.17. The van der Waals surface area contributed by atoms with E-state index in [1.807, 2.05) is 0 Å². The smallest absolute Gasteiger partial charge is 0.148 e. The zero-order chi connectivity index (χ0) is 13.0. The maximum absolute atomic E-state index is 5.92. The summed E-state index contributed by atoms with van der Waals surface area (Å²) in [6.45, 7) is 6.68. The van der Waals surface area contributed by atoms with Crippen molar-refractivity contribution in [3.8, 4) is 0 Å². The van der Waals surface area contributed by atoms with Crippen molar-refractivity contribution in [1.29, 1.82) is 0 Å². The monoisotopic (exact) mass is 334 g/mol. The third-order valence-corrected chi connectivity index (χ3v) is 4.03. The van der Waals surface area contributed by atoms with Gasteiger partial charge in [0.2, 0.25) is 0 Å². The first-order chi connectivity index (χ1) is 8.66. The molecule has 1 aliphatic rings. The van der Waals surface area contributed by atoms with E-state index < -0.39 is 0 Å². The van der Waals surface area contributed by atoms with Gasteiger partial charge in [0.1, 0.15) is 17.3 Å². The average molecular weight is 336 g/mol. The first-order valence-corrected chi connectivity index (χ1v) is 7.06. The molecule has 1 aliphatic heterocycles. The molecule has 18 heavy (non-hydrogen) atoms. The second-order valence-electron chi connectivity index (χ2n) is 4.29. The van der Waals surface area contributed by atoms with Crippen LogP contribution in [0, 0.1) is 0 Å². The highest BCUT2D eigenvalue weighted by Gasteiger charge is 2.15. The summed E-state index contributed by atoms with van der Waals surface area (Å²) in [7, 11) is 0. The van der Waals surface area contributed by atoms with Crippen molar-refractivity contribution >= 4 is 33.3 Å². The predicted octanol–water partition coefficient (Wildman–Crippen LogP) is 2.03. The molecular weight excluding hydrogens is 320 g/mol. The molecule has 100 valence electrons. The first-order valence-electron chi connectivity index (χ1n) is 5.89. The molecule has 1 unspecified atom stereocenters. The normalized spacial score (nSPS) is 18.6. The number of hydrogen-bond donors (Lipinski definition) is 1. The Morgan fingerprint density at radius 2 is 2.22 bits per heavy atom. The van der Waals surface area contributed by atoms with Crippen LogP contribution in [0.3, 0.4) is 0 Å². The lowest BCUT2D eigenvalue weighted by Crippen LogP contribution is -2.42. The molecule has 2 rings (SSSR count). The molecular formula is C11H16BrClN4O. The van der Waals surface area contributed by atoms with Crippen molar-refractivity contribution in [3.05, 3.63) is 16.0 Å². The van der Waals surface area contributed by atoms with Gasteiger partial charge in [-0.3, -0.25) is 4.90 Å². The average Bonchev–Trinajstić information content (AvgIpc) is 2.36. The third kappa shape index (κ3) is 3.78. The van der Waals surface area contributed by atoms with E-state index in [9.17, 15) is 0 Å². The Morgan fingerprint density at radius 3 is 2.94 bits per heavy atom. The summed E-state index contributed by atoms with van der Waals surface area (Å²) in [5.41, 5.74) is 0. The molecule has 0 aromatic carbocycles. The van der Waals surface area contributed by atoms with E-state index in [4.69, 9.17) is 16.3 Å². The Morgan fingerprint density at radius 1 is 1.50 bits per heavy atom. The van der Waals surface area contributed by atoms with Crippen LogP contribution in [-0.4, -0.2) is 53.8 Å². The number of morpholine rings is 1. The number of ether oxygens (including phenoxy) is 1. The molecule has 0 radical (unpaired) electrons. The Bertz CT molecular complexity index is 401. The third-order valence-electron chi connectivity index (χ3n) is 2.77. The van der Waals surface area contributed by atoms with Crippen LogP contribution >= 0.6 is 27.5 Å². The topological polar surface area (TPSA) is 50.3 Å². The van der Waals surface area contributed by atoms with E-state index in [0.717, 1.165) is 38.7 Å². The molecule has 1 atom stereocenters. The van der Waals surface area contributed by atoms with E-state index in [2.05, 4.69) is 43.0 Å². The molecule has 2 heterocycles. The molecule has 5 nitrogen and oxygen atoms in total. The van der Waals surface area contributed by atoms with Crippen molar-refractivity contribution in [2.24, 2.45) is 0 Å². The van der Waals surface area contributed by atoms with Crippen molar-refractivity contribution in [2.75, 3.05) is 38.2 Å². The fraction of sp³-hybridized carbons (Fsp3) is 0.636. The lowest BCUT2D eigenvalue weighted by Gasteiger charge is -2.29. The van der Waals surface area contributed by atoms with Gasteiger partial charge in [0, 0.05) is 25.7 Å². The van der Waals surface area contributed by atoms with Gasteiger partial charge in [-0.25, -0.2) is 9.97 Å². The summed E-state index contributed by atoms with van der Waals surface area (Å²) < 4.78 is 6.04. The minimum atomic E-state index is 0.283. The van der Waals surface area contributed by atoms with Gasteiger partial charge in [-0.1, -0.05) is 11.6 Å². The second-order valence-corrected chi connectivity index (χ2v) is 5.44. The molecule has 0 amide bonds. The highest BCUT2D eigenvalue weighted by molar-refractivity contribution is 9.10. The molecule has 1 N–H and O–H groups in total. The van der Waals surface area contributed by atoms with Crippen LogP contribution < -0.4 is 5.32 Å². The van der Waals surface area contributed by atoms with Gasteiger partial charge in [-0.15, -0.1) is 0 Å². The summed E-state index contributed by atoms with van der Waals surface area (Å²) in [4.78, 5) is 10.5.